The third-order valence-corrected chi connectivity index (χ3v) is 6.82. The molecule has 1 aromatic carbocycles. The number of thiazole rings is 1. The van der Waals surface area contributed by atoms with E-state index < -0.39 is 11.4 Å². The van der Waals surface area contributed by atoms with E-state index in [1.54, 1.807) is 23.2 Å². The maximum atomic E-state index is 14.1. The molecule has 39 heavy (non-hydrogen) atoms. The van der Waals surface area contributed by atoms with Crippen LogP contribution in [0.3, 0.4) is 0 Å². The molecule has 9 nitrogen and oxygen atoms in total. The summed E-state index contributed by atoms with van der Waals surface area (Å²) in [6, 6.07) is 6.67. The molecule has 1 amide bonds. The maximum absolute atomic E-state index is 14.1. The number of carbonyl (C=O) groups excluding carboxylic acids is 1. The summed E-state index contributed by atoms with van der Waals surface area (Å²) in [5, 5.41) is 5.38. The summed E-state index contributed by atoms with van der Waals surface area (Å²) in [5.41, 5.74) is 2.37. The van der Waals surface area contributed by atoms with Gasteiger partial charge in [0.05, 0.1) is 18.5 Å². The summed E-state index contributed by atoms with van der Waals surface area (Å²) < 4.78 is 26.7. The Hall–Kier alpha value is -3.73. The lowest BCUT2D eigenvalue weighted by Crippen LogP contribution is -2.44. The number of hydrogen-bond acceptors (Lipinski definition) is 8. The van der Waals surface area contributed by atoms with Gasteiger partial charge < -0.3 is 19.7 Å². The van der Waals surface area contributed by atoms with Gasteiger partial charge >= 0.3 is 6.09 Å². The van der Waals surface area contributed by atoms with Gasteiger partial charge in [0.2, 0.25) is 5.95 Å². The van der Waals surface area contributed by atoms with E-state index in [2.05, 4.69) is 10.3 Å². The van der Waals surface area contributed by atoms with Crippen LogP contribution in [0.1, 0.15) is 47.5 Å². The smallest absolute Gasteiger partial charge is 0.410 e. The number of anilines is 1. The zero-order chi connectivity index (χ0) is 28.2. The lowest BCUT2D eigenvalue weighted by molar-refractivity contribution is 0.0210. The Labute approximate surface area is 232 Å². The molecule has 1 aliphatic rings. The van der Waals surface area contributed by atoms with E-state index in [9.17, 15) is 9.18 Å². The van der Waals surface area contributed by atoms with E-state index in [0.29, 0.717) is 30.4 Å². The van der Waals surface area contributed by atoms with Crippen LogP contribution in [-0.2, 0) is 4.74 Å². The number of amides is 1. The minimum absolute atomic E-state index is 0.126. The SMILES string of the molecule is CC.COc1cc(-c2nc3sccn3c2-c2ccnc(NC3CCN(C(=O)OC(C)(C)C)CC3)n2)ccc1F. The molecule has 1 N–H and O–H groups in total. The molecule has 0 atom stereocenters. The highest BCUT2D eigenvalue weighted by Crippen LogP contribution is 2.35. The Bertz CT molecular complexity index is 1420. The summed E-state index contributed by atoms with van der Waals surface area (Å²) in [6.07, 6.45) is 4.88. The monoisotopic (exact) mass is 554 g/mol. The highest BCUT2D eigenvalue weighted by Gasteiger charge is 2.27. The first-order valence-electron chi connectivity index (χ1n) is 13.1. The summed E-state index contributed by atoms with van der Waals surface area (Å²) >= 11 is 1.51. The molecule has 5 rings (SSSR count). The number of ether oxygens (including phenoxy) is 2. The third kappa shape index (κ3) is 6.47. The second-order valence-electron chi connectivity index (χ2n) is 9.87. The first-order chi connectivity index (χ1) is 18.7. The average molecular weight is 555 g/mol. The van der Waals surface area contributed by atoms with Crippen LogP contribution >= 0.6 is 11.3 Å². The van der Waals surface area contributed by atoms with Gasteiger partial charge in [-0.3, -0.25) is 4.40 Å². The summed E-state index contributed by atoms with van der Waals surface area (Å²) in [7, 11) is 1.44. The van der Waals surface area contributed by atoms with Crippen LogP contribution in [0, 0.1) is 5.82 Å². The second kappa shape index (κ2) is 12.0. The molecule has 208 valence electrons. The maximum Gasteiger partial charge on any atom is 0.410 e. The van der Waals surface area contributed by atoms with Gasteiger partial charge in [0.1, 0.15) is 11.3 Å². The fourth-order valence-electron chi connectivity index (χ4n) is 4.31. The van der Waals surface area contributed by atoms with Crippen LogP contribution in [0.5, 0.6) is 5.75 Å². The van der Waals surface area contributed by atoms with Crippen LogP contribution in [-0.4, -0.2) is 62.2 Å². The number of methoxy groups -OCH3 is 1. The molecule has 1 fully saturated rings. The number of nitrogens with zero attached hydrogens (tertiary/aromatic N) is 5. The topological polar surface area (TPSA) is 93.9 Å². The normalized spacial score (nSPS) is 14.1. The van der Waals surface area contributed by atoms with Gasteiger partial charge in [-0.1, -0.05) is 13.8 Å². The molecular formula is C28H35FN6O3S. The quantitative estimate of drug-likeness (QED) is 0.301. The largest absolute Gasteiger partial charge is 0.494 e. The van der Waals surface area contributed by atoms with E-state index in [-0.39, 0.29) is 17.9 Å². The van der Waals surface area contributed by atoms with E-state index in [1.807, 2.05) is 56.7 Å². The first kappa shape index (κ1) is 28.3. The number of fused-ring (bicyclic) bond motifs is 1. The van der Waals surface area contributed by atoms with E-state index in [1.165, 1.54) is 24.5 Å². The molecule has 0 radical (unpaired) electrons. The van der Waals surface area contributed by atoms with E-state index in [4.69, 9.17) is 19.4 Å². The highest BCUT2D eigenvalue weighted by atomic mass is 32.1. The fourth-order valence-corrected chi connectivity index (χ4v) is 5.03. The van der Waals surface area contributed by atoms with Crippen molar-refractivity contribution in [3.63, 3.8) is 0 Å². The number of piperidine rings is 1. The molecule has 11 heteroatoms. The molecule has 0 bridgehead atoms. The Morgan fingerprint density at radius 2 is 1.90 bits per heavy atom. The molecule has 0 unspecified atom stereocenters. The molecule has 0 aliphatic carbocycles. The molecule has 4 heterocycles. The number of likely N-dealkylation sites (tertiary alicyclic amines) is 1. The summed E-state index contributed by atoms with van der Waals surface area (Å²) in [4.78, 5) is 28.9. The molecule has 1 saturated heterocycles. The van der Waals surface area contributed by atoms with Crippen molar-refractivity contribution in [2.45, 2.75) is 59.1 Å². The number of benzene rings is 1. The number of aromatic nitrogens is 4. The van der Waals surface area contributed by atoms with Crippen LogP contribution in [0.25, 0.3) is 27.6 Å². The minimum atomic E-state index is -0.514. The zero-order valence-electron chi connectivity index (χ0n) is 23.2. The number of halogens is 1. The van der Waals surface area contributed by atoms with Gasteiger partial charge in [0.25, 0.3) is 0 Å². The fraction of sp³-hybridized carbons (Fsp3) is 0.429. The van der Waals surface area contributed by atoms with E-state index in [0.717, 1.165) is 29.1 Å². The van der Waals surface area contributed by atoms with Crippen molar-refractivity contribution in [1.82, 2.24) is 24.3 Å². The first-order valence-corrected chi connectivity index (χ1v) is 14.0. The summed E-state index contributed by atoms with van der Waals surface area (Å²) in [6.45, 7) is 10.8. The van der Waals surface area contributed by atoms with Crippen LogP contribution < -0.4 is 10.1 Å². The van der Waals surface area contributed by atoms with Crippen molar-refractivity contribution in [2.75, 3.05) is 25.5 Å². The summed E-state index contributed by atoms with van der Waals surface area (Å²) in [5.74, 6) is 0.226. The molecule has 1 aliphatic heterocycles. The highest BCUT2D eigenvalue weighted by molar-refractivity contribution is 7.15. The molecule has 3 aromatic heterocycles. The van der Waals surface area contributed by atoms with Crippen molar-refractivity contribution < 1.29 is 18.7 Å². The predicted octanol–water partition coefficient (Wildman–Crippen LogP) is 6.51. The van der Waals surface area contributed by atoms with Crippen molar-refractivity contribution in [2.24, 2.45) is 0 Å². The van der Waals surface area contributed by atoms with Gasteiger partial charge in [0, 0.05) is 42.5 Å². The van der Waals surface area contributed by atoms with Crippen molar-refractivity contribution >= 4 is 28.3 Å². The van der Waals surface area contributed by atoms with Crippen LogP contribution in [0.4, 0.5) is 15.1 Å². The second-order valence-corrected chi connectivity index (χ2v) is 10.7. The minimum Gasteiger partial charge on any atom is -0.494 e. The lowest BCUT2D eigenvalue weighted by atomic mass is 10.1. The molecular weight excluding hydrogens is 519 g/mol. The molecule has 0 saturated carbocycles. The van der Waals surface area contributed by atoms with Crippen LogP contribution in [0.2, 0.25) is 0 Å². The molecule has 0 spiro atoms. The number of hydrogen-bond donors (Lipinski definition) is 1. The number of carbonyl (C=O) groups is 1. The third-order valence-electron chi connectivity index (χ3n) is 6.06. The van der Waals surface area contributed by atoms with Gasteiger partial charge in [-0.2, -0.15) is 0 Å². The average Bonchev–Trinajstić information content (AvgIpc) is 3.51. The number of rotatable bonds is 5. The molecule has 4 aromatic rings. The van der Waals surface area contributed by atoms with Gasteiger partial charge in [-0.25, -0.2) is 24.1 Å². The zero-order valence-corrected chi connectivity index (χ0v) is 24.0. The standard InChI is InChI=1S/C26H29FN6O3S.C2H6/c1-26(2,3)36-25(34)32-11-8-17(9-12-32)29-23-28-10-7-19(30-23)22-21(31-24-33(22)13-14-37-24)16-5-6-18(27)20(15-16)35-4;1-2/h5-7,10,13-15,17H,8-9,11-12H2,1-4H3,(H,28,29,30);1-2H3. The van der Waals surface area contributed by atoms with Crippen molar-refractivity contribution in [1.29, 1.82) is 0 Å². The van der Waals surface area contributed by atoms with Gasteiger partial charge in [-0.05, 0) is 57.9 Å². The van der Waals surface area contributed by atoms with Gasteiger partial charge in [-0.15, -0.1) is 11.3 Å². The van der Waals surface area contributed by atoms with Crippen molar-refractivity contribution in [3.05, 3.63) is 47.9 Å². The lowest BCUT2D eigenvalue weighted by Gasteiger charge is -2.33. The Kier molecular flexibility index (Phi) is 8.69. The van der Waals surface area contributed by atoms with Gasteiger partial charge in [0.15, 0.2) is 16.5 Å². The Morgan fingerprint density at radius 1 is 1.15 bits per heavy atom. The predicted molar refractivity (Wildman–Crippen MR) is 152 cm³/mol. The van der Waals surface area contributed by atoms with Crippen molar-refractivity contribution in [3.8, 4) is 28.4 Å². The Morgan fingerprint density at radius 3 is 2.59 bits per heavy atom. The number of imidazole rings is 1. The van der Waals surface area contributed by atoms with E-state index >= 15 is 0 Å². The number of nitrogens with one attached hydrogen (secondary N) is 1. The Balaban J connectivity index is 0.00000172. The van der Waals surface area contributed by atoms with Crippen LogP contribution in [0.15, 0.2) is 42.0 Å².